The van der Waals surface area contributed by atoms with Crippen molar-refractivity contribution in [3.63, 3.8) is 0 Å². The molecule has 0 aromatic rings. The average Bonchev–Trinajstić information content (AvgIpc) is 2.32. The number of amides is 1. The quantitative estimate of drug-likeness (QED) is 0.566. The highest BCUT2D eigenvalue weighted by atomic mass is 16.1. The van der Waals surface area contributed by atoms with Crippen molar-refractivity contribution in [1.29, 1.82) is 0 Å². The molecule has 0 aliphatic heterocycles. The summed E-state index contributed by atoms with van der Waals surface area (Å²) in [5.74, 6) is -0.0406. The number of rotatable bonds is 11. The lowest BCUT2D eigenvalue weighted by Crippen LogP contribution is -2.30. The summed E-state index contributed by atoms with van der Waals surface area (Å²) in [4.78, 5) is 13.7. The lowest BCUT2D eigenvalue weighted by atomic mass is 9.96. The fourth-order valence-electron chi connectivity index (χ4n) is 2.12. The number of carbonyl (C=O) groups is 1. The molecule has 1 atom stereocenters. The van der Waals surface area contributed by atoms with E-state index in [-0.39, 0.29) is 11.8 Å². The van der Waals surface area contributed by atoms with E-state index in [2.05, 4.69) is 25.7 Å². The molecule has 102 valence electrons. The normalized spacial score (nSPS) is 12.9. The Morgan fingerprint density at radius 1 is 1.06 bits per heavy atom. The first-order valence-corrected chi connectivity index (χ1v) is 7.17. The van der Waals surface area contributed by atoms with Crippen LogP contribution in [0.25, 0.3) is 0 Å². The van der Waals surface area contributed by atoms with Crippen LogP contribution in [-0.4, -0.2) is 30.4 Å². The van der Waals surface area contributed by atoms with Crippen LogP contribution in [0.5, 0.6) is 0 Å². The number of primary amides is 1. The molecule has 3 heteroatoms. The van der Waals surface area contributed by atoms with E-state index in [1.165, 1.54) is 19.3 Å². The third-order valence-corrected chi connectivity index (χ3v) is 3.50. The van der Waals surface area contributed by atoms with Gasteiger partial charge in [-0.2, -0.15) is 0 Å². The van der Waals surface area contributed by atoms with Gasteiger partial charge in [-0.15, -0.1) is 0 Å². The van der Waals surface area contributed by atoms with Crippen LogP contribution in [0.2, 0.25) is 0 Å². The van der Waals surface area contributed by atoms with Gasteiger partial charge >= 0.3 is 0 Å². The third kappa shape index (κ3) is 8.19. The largest absolute Gasteiger partial charge is 0.369 e. The van der Waals surface area contributed by atoms with Gasteiger partial charge in [0.15, 0.2) is 0 Å². The zero-order chi connectivity index (χ0) is 13.1. The topological polar surface area (TPSA) is 46.3 Å². The van der Waals surface area contributed by atoms with Gasteiger partial charge in [0, 0.05) is 5.92 Å². The van der Waals surface area contributed by atoms with Gasteiger partial charge in [-0.05, 0) is 32.5 Å². The number of unbranched alkanes of at least 4 members (excludes halogenated alkanes) is 3. The molecule has 0 heterocycles. The Morgan fingerprint density at radius 2 is 1.71 bits per heavy atom. The predicted molar refractivity (Wildman–Crippen MR) is 73.8 cm³/mol. The van der Waals surface area contributed by atoms with Gasteiger partial charge in [-0.1, -0.05) is 46.5 Å². The maximum absolute atomic E-state index is 11.4. The molecule has 1 amide bonds. The fourth-order valence-corrected chi connectivity index (χ4v) is 2.12. The van der Waals surface area contributed by atoms with Gasteiger partial charge in [0.2, 0.25) is 5.91 Å². The maximum Gasteiger partial charge on any atom is 0.220 e. The predicted octanol–water partition coefficient (Wildman–Crippen LogP) is 2.79. The number of hydrogen-bond donors (Lipinski definition) is 1. The molecule has 0 saturated carbocycles. The SMILES string of the molecule is CCCCCCC(CCN(CC)CC)C(N)=O. The Bertz CT molecular complexity index is 191. The van der Waals surface area contributed by atoms with Gasteiger partial charge < -0.3 is 10.6 Å². The molecule has 0 saturated heterocycles. The Hall–Kier alpha value is -0.570. The van der Waals surface area contributed by atoms with Crippen molar-refractivity contribution < 1.29 is 4.79 Å². The molecule has 3 nitrogen and oxygen atoms in total. The summed E-state index contributed by atoms with van der Waals surface area (Å²) < 4.78 is 0. The minimum absolute atomic E-state index is 0.0763. The smallest absolute Gasteiger partial charge is 0.220 e. The van der Waals surface area contributed by atoms with Crippen LogP contribution in [0, 0.1) is 5.92 Å². The van der Waals surface area contributed by atoms with E-state index in [9.17, 15) is 4.79 Å². The molecule has 1 unspecified atom stereocenters. The number of hydrogen-bond acceptors (Lipinski definition) is 2. The van der Waals surface area contributed by atoms with Crippen molar-refractivity contribution in [3.8, 4) is 0 Å². The van der Waals surface area contributed by atoms with Crippen LogP contribution < -0.4 is 5.73 Å². The van der Waals surface area contributed by atoms with Crippen molar-refractivity contribution in [2.45, 2.75) is 59.3 Å². The van der Waals surface area contributed by atoms with E-state index >= 15 is 0 Å². The minimum Gasteiger partial charge on any atom is -0.369 e. The molecule has 0 aliphatic carbocycles. The summed E-state index contributed by atoms with van der Waals surface area (Å²) in [6.45, 7) is 9.62. The number of nitrogens with zero attached hydrogens (tertiary/aromatic N) is 1. The summed E-state index contributed by atoms with van der Waals surface area (Å²) in [5.41, 5.74) is 5.46. The molecule has 17 heavy (non-hydrogen) atoms. The second kappa shape index (κ2) is 10.6. The number of carbonyl (C=O) groups excluding carboxylic acids is 1. The zero-order valence-electron chi connectivity index (χ0n) is 11.9. The summed E-state index contributed by atoms with van der Waals surface area (Å²) >= 11 is 0. The Balaban J connectivity index is 3.86. The van der Waals surface area contributed by atoms with Crippen molar-refractivity contribution in [2.24, 2.45) is 11.7 Å². The van der Waals surface area contributed by atoms with Crippen molar-refractivity contribution >= 4 is 5.91 Å². The van der Waals surface area contributed by atoms with Crippen molar-refractivity contribution in [2.75, 3.05) is 19.6 Å². The van der Waals surface area contributed by atoms with E-state index in [1.54, 1.807) is 0 Å². The molecule has 0 rings (SSSR count). The molecule has 0 aromatic heterocycles. The zero-order valence-corrected chi connectivity index (χ0v) is 11.9. The molecule has 0 bridgehead atoms. The molecule has 0 aromatic carbocycles. The van der Waals surface area contributed by atoms with E-state index in [0.29, 0.717) is 0 Å². The van der Waals surface area contributed by atoms with Crippen molar-refractivity contribution in [3.05, 3.63) is 0 Å². The van der Waals surface area contributed by atoms with Gasteiger partial charge in [0.05, 0.1) is 0 Å². The molecule has 0 spiro atoms. The molecule has 0 aliphatic rings. The molecule has 2 N–H and O–H groups in total. The third-order valence-electron chi connectivity index (χ3n) is 3.50. The summed E-state index contributed by atoms with van der Waals surface area (Å²) in [6.07, 6.45) is 6.76. The van der Waals surface area contributed by atoms with Crippen LogP contribution >= 0.6 is 0 Å². The van der Waals surface area contributed by atoms with Gasteiger partial charge in [0.25, 0.3) is 0 Å². The van der Waals surface area contributed by atoms with E-state index in [4.69, 9.17) is 5.73 Å². The molecular formula is C14H30N2O. The fraction of sp³-hybridized carbons (Fsp3) is 0.929. The molecule has 0 radical (unpaired) electrons. The molecule has 0 fully saturated rings. The summed E-state index contributed by atoms with van der Waals surface area (Å²) in [7, 11) is 0. The second-order valence-electron chi connectivity index (χ2n) is 4.76. The Morgan fingerprint density at radius 3 is 2.18 bits per heavy atom. The first-order valence-electron chi connectivity index (χ1n) is 7.17. The highest BCUT2D eigenvalue weighted by Crippen LogP contribution is 2.14. The second-order valence-corrected chi connectivity index (χ2v) is 4.76. The first kappa shape index (κ1) is 16.4. The highest BCUT2D eigenvalue weighted by Gasteiger charge is 2.15. The van der Waals surface area contributed by atoms with Crippen LogP contribution in [0.15, 0.2) is 0 Å². The minimum atomic E-state index is -0.117. The van der Waals surface area contributed by atoms with Crippen LogP contribution in [0.3, 0.4) is 0 Å². The lowest BCUT2D eigenvalue weighted by Gasteiger charge is -2.21. The van der Waals surface area contributed by atoms with E-state index < -0.39 is 0 Å². The van der Waals surface area contributed by atoms with E-state index in [0.717, 1.165) is 38.9 Å². The average molecular weight is 242 g/mol. The summed E-state index contributed by atoms with van der Waals surface area (Å²) in [5, 5.41) is 0. The van der Waals surface area contributed by atoms with Crippen LogP contribution in [0.1, 0.15) is 59.3 Å². The van der Waals surface area contributed by atoms with Gasteiger partial charge in [-0.3, -0.25) is 4.79 Å². The van der Waals surface area contributed by atoms with Crippen LogP contribution in [0.4, 0.5) is 0 Å². The van der Waals surface area contributed by atoms with Gasteiger partial charge in [0.1, 0.15) is 0 Å². The standard InChI is InChI=1S/C14H30N2O/c1-4-7-8-9-10-13(14(15)17)11-12-16(5-2)6-3/h13H,4-12H2,1-3H3,(H2,15,17). The summed E-state index contributed by atoms with van der Waals surface area (Å²) in [6, 6.07) is 0. The highest BCUT2D eigenvalue weighted by molar-refractivity contribution is 5.76. The molecular weight excluding hydrogens is 212 g/mol. The lowest BCUT2D eigenvalue weighted by molar-refractivity contribution is -0.122. The van der Waals surface area contributed by atoms with Crippen molar-refractivity contribution in [1.82, 2.24) is 4.90 Å². The number of nitrogens with two attached hydrogens (primary N) is 1. The van der Waals surface area contributed by atoms with E-state index in [1.807, 2.05) is 0 Å². The Labute approximate surface area is 107 Å². The van der Waals surface area contributed by atoms with Crippen LogP contribution in [-0.2, 0) is 4.79 Å². The monoisotopic (exact) mass is 242 g/mol. The maximum atomic E-state index is 11.4. The first-order chi connectivity index (χ1) is 8.15. The van der Waals surface area contributed by atoms with Gasteiger partial charge in [-0.25, -0.2) is 0 Å². The Kier molecular flexibility index (Phi) is 10.2.